The highest BCUT2D eigenvalue weighted by atomic mass is 32.1. The summed E-state index contributed by atoms with van der Waals surface area (Å²) in [5.74, 6) is 0. The zero-order chi connectivity index (χ0) is 25.6. The molecule has 0 saturated heterocycles. The Labute approximate surface area is 229 Å². The molecule has 6 heteroatoms. The molecule has 6 aromatic rings. The normalized spacial score (nSPS) is 13.0. The monoisotopic (exact) mass is 548 g/mol. The fourth-order valence-corrected chi connectivity index (χ4v) is 9.78. The number of benzene rings is 2. The highest BCUT2D eigenvalue weighted by molar-refractivity contribution is 7.32. The second-order valence-corrected chi connectivity index (χ2v) is 15.9. The molecule has 0 amide bonds. The molecule has 0 bridgehead atoms. The zero-order valence-corrected chi connectivity index (χ0v) is 25.4. The van der Waals surface area contributed by atoms with Crippen molar-refractivity contribution in [1.29, 1.82) is 0 Å². The van der Waals surface area contributed by atoms with Gasteiger partial charge in [0.15, 0.2) is 0 Å². The Morgan fingerprint density at radius 3 is 1.56 bits per heavy atom. The summed E-state index contributed by atoms with van der Waals surface area (Å²) in [4.78, 5) is 5.61. The van der Waals surface area contributed by atoms with E-state index in [4.69, 9.17) is 0 Å². The summed E-state index contributed by atoms with van der Waals surface area (Å²) in [6.45, 7) is 13.8. The number of hydrogen-bond acceptors (Lipinski definition) is 6. The molecule has 0 radical (unpaired) electrons. The van der Waals surface area contributed by atoms with E-state index in [1.807, 2.05) is 59.4 Å². The average molecular weight is 549 g/mol. The van der Waals surface area contributed by atoms with E-state index < -0.39 is 0 Å². The van der Waals surface area contributed by atoms with Crippen molar-refractivity contribution in [2.45, 2.75) is 52.4 Å². The molecule has 0 aliphatic rings. The van der Waals surface area contributed by atoms with Crippen LogP contribution in [0.1, 0.15) is 51.3 Å². The molecule has 0 fully saturated rings. The molecular formula is C30H32N2S4. The van der Waals surface area contributed by atoms with Gasteiger partial charge in [-0.25, -0.2) is 0 Å². The molecule has 2 aromatic carbocycles. The molecule has 36 heavy (non-hydrogen) atoms. The number of thiophene rings is 4. The SMILES string of the molecule is CNc1cc2c(cc(NC)c3cc(C(C)(C)C)sc32)c2sc(-c3cc4sc(C(C)(C)C)cc4s3)cc12. The Kier molecular flexibility index (Phi) is 5.51. The molecule has 0 atom stereocenters. The molecule has 0 unspecified atom stereocenters. The molecule has 0 spiro atoms. The van der Waals surface area contributed by atoms with E-state index in [1.165, 1.54) is 71.2 Å². The molecule has 2 nitrogen and oxygen atoms in total. The predicted molar refractivity (Wildman–Crippen MR) is 170 cm³/mol. The van der Waals surface area contributed by atoms with Crippen molar-refractivity contribution in [2.24, 2.45) is 0 Å². The zero-order valence-electron chi connectivity index (χ0n) is 22.1. The summed E-state index contributed by atoms with van der Waals surface area (Å²) in [5.41, 5.74) is 2.75. The van der Waals surface area contributed by atoms with Gasteiger partial charge in [0.2, 0.25) is 0 Å². The molecule has 186 valence electrons. The highest BCUT2D eigenvalue weighted by Gasteiger charge is 2.22. The van der Waals surface area contributed by atoms with Crippen molar-refractivity contribution in [1.82, 2.24) is 0 Å². The second-order valence-electron chi connectivity index (χ2n) is 11.6. The van der Waals surface area contributed by atoms with Gasteiger partial charge in [-0.3, -0.25) is 0 Å². The summed E-state index contributed by atoms with van der Waals surface area (Å²) in [7, 11) is 4.08. The third-order valence-corrected chi connectivity index (χ3v) is 12.5. The van der Waals surface area contributed by atoms with Crippen LogP contribution >= 0.6 is 45.3 Å². The van der Waals surface area contributed by atoms with Gasteiger partial charge in [0.05, 0.1) is 0 Å². The lowest BCUT2D eigenvalue weighted by Crippen LogP contribution is -2.07. The molecule has 0 saturated carbocycles. The van der Waals surface area contributed by atoms with Crippen LogP contribution in [-0.2, 0) is 10.8 Å². The van der Waals surface area contributed by atoms with Crippen LogP contribution in [0.4, 0.5) is 11.4 Å². The smallest absolute Gasteiger partial charge is 0.0464 e. The van der Waals surface area contributed by atoms with E-state index in [2.05, 4.69) is 88.6 Å². The van der Waals surface area contributed by atoms with Crippen LogP contribution in [0.2, 0.25) is 0 Å². The Hall–Kier alpha value is -2.12. The van der Waals surface area contributed by atoms with E-state index in [0.29, 0.717) is 0 Å². The minimum absolute atomic E-state index is 0.131. The molecule has 0 aliphatic heterocycles. The summed E-state index contributed by atoms with van der Waals surface area (Å²) in [5, 5.41) is 12.3. The van der Waals surface area contributed by atoms with Gasteiger partial charge in [-0.1, -0.05) is 41.5 Å². The van der Waals surface area contributed by atoms with Gasteiger partial charge in [-0.2, -0.15) is 0 Å². The molecule has 2 N–H and O–H groups in total. The van der Waals surface area contributed by atoms with Crippen LogP contribution in [0.5, 0.6) is 0 Å². The lowest BCUT2D eigenvalue weighted by Gasteiger charge is -2.15. The third-order valence-electron chi connectivity index (χ3n) is 6.87. The first kappa shape index (κ1) is 24.2. The first-order valence-electron chi connectivity index (χ1n) is 12.3. The topological polar surface area (TPSA) is 24.1 Å². The third kappa shape index (κ3) is 3.76. The predicted octanol–water partition coefficient (Wildman–Crippen LogP) is 10.9. The van der Waals surface area contributed by atoms with E-state index in [0.717, 1.165) is 0 Å². The Morgan fingerprint density at radius 1 is 0.500 bits per heavy atom. The number of nitrogens with one attached hydrogen (secondary N) is 2. The number of anilines is 2. The lowest BCUT2D eigenvalue weighted by molar-refractivity contribution is 0.604. The quantitative estimate of drug-likeness (QED) is 0.230. The summed E-state index contributed by atoms with van der Waals surface area (Å²) < 4.78 is 5.55. The van der Waals surface area contributed by atoms with E-state index in [9.17, 15) is 0 Å². The molecular weight excluding hydrogens is 517 g/mol. The standard InChI is InChI=1S/C30H32N2S4/c1-29(2,3)25-12-18-20(32-8)9-15-16(28(18)36-25)10-19(31-7)17-11-21(35-27(15)17)22-13-23-24(33-22)14-26(34-23)30(4,5)6/h9-14,31-32H,1-8H3. The molecule has 4 heterocycles. The first-order chi connectivity index (χ1) is 17.0. The van der Waals surface area contributed by atoms with Crippen LogP contribution in [0.25, 0.3) is 50.1 Å². The van der Waals surface area contributed by atoms with Crippen LogP contribution in [0.15, 0.2) is 36.4 Å². The largest absolute Gasteiger partial charge is 0.388 e. The minimum Gasteiger partial charge on any atom is -0.388 e. The van der Waals surface area contributed by atoms with Gasteiger partial charge in [-0.15, -0.1) is 45.3 Å². The van der Waals surface area contributed by atoms with Crippen molar-refractivity contribution in [3.05, 3.63) is 46.2 Å². The fourth-order valence-electron chi connectivity index (χ4n) is 4.79. The lowest BCUT2D eigenvalue weighted by atomic mass is 9.94. The Morgan fingerprint density at radius 2 is 1.00 bits per heavy atom. The number of hydrogen-bond donors (Lipinski definition) is 2. The first-order valence-corrected chi connectivity index (χ1v) is 15.6. The summed E-state index contributed by atoms with van der Waals surface area (Å²) in [6, 6.07) is 14.3. The maximum Gasteiger partial charge on any atom is 0.0464 e. The van der Waals surface area contributed by atoms with E-state index in [-0.39, 0.29) is 10.8 Å². The summed E-state index contributed by atoms with van der Waals surface area (Å²) in [6.07, 6.45) is 0. The van der Waals surface area contributed by atoms with Gasteiger partial charge >= 0.3 is 0 Å². The van der Waals surface area contributed by atoms with Crippen molar-refractivity contribution in [2.75, 3.05) is 24.7 Å². The van der Waals surface area contributed by atoms with Crippen molar-refractivity contribution in [3.63, 3.8) is 0 Å². The van der Waals surface area contributed by atoms with Crippen LogP contribution < -0.4 is 10.6 Å². The number of rotatable bonds is 3. The molecule has 0 aliphatic carbocycles. The van der Waals surface area contributed by atoms with Crippen LogP contribution in [0, 0.1) is 0 Å². The van der Waals surface area contributed by atoms with Gasteiger partial charge in [-0.05, 0) is 47.2 Å². The van der Waals surface area contributed by atoms with Gasteiger partial charge in [0.25, 0.3) is 0 Å². The van der Waals surface area contributed by atoms with Crippen molar-refractivity contribution in [3.8, 4) is 9.75 Å². The minimum atomic E-state index is 0.131. The van der Waals surface area contributed by atoms with Gasteiger partial charge < -0.3 is 10.6 Å². The highest BCUT2D eigenvalue weighted by Crippen LogP contribution is 2.49. The maximum atomic E-state index is 3.50. The second kappa shape index (κ2) is 8.19. The van der Waals surface area contributed by atoms with Crippen LogP contribution in [0.3, 0.4) is 0 Å². The number of fused-ring (bicyclic) bond motifs is 6. The van der Waals surface area contributed by atoms with Crippen molar-refractivity contribution < 1.29 is 0 Å². The molecule has 4 aromatic heterocycles. The Balaban J connectivity index is 1.60. The van der Waals surface area contributed by atoms with Gasteiger partial charge in [0.1, 0.15) is 0 Å². The van der Waals surface area contributed by atoms with E-state index >= 15 is 0 Å². The molecule has 6 rings (SSSR count). The summed E-state index contributed by atoms with van der Waals surface area (Å²) >= 11 is 7.74. The fraction of sp³-hybridized carbons (Fsp3) is 0.333. The van der Waals surface area contributed by atoms with E-state index in [1.54, 1.807) is 0 Å². The van der Waals surface area contributed by atoms with Gasteiger partial charge in [0, 0.05) is 85.3 Å². The average Bonchev–Trinajstić information content (AvgIpc) is 3.57. The van der Waals surface area contributed by atoms with Crippen molar-refractivity contribution >= 4 is 97.1 Å². The van der Waals surface area contributed by atoms with Crippen LogP contribution in [-0.4, -0.2) is 14.1 Å². The maximum absolute atomic E-state index is 3.50. The Bertz CT molecular complexity index is 1750.